The van der Waals surface area contributed by atoms with Gasteiger partial charge in [0.2, 0.25) is 10.0 Å². The van der Waals surface area contributed by atoms with Gasteiger partial charge in [0.05, 0.1) is 5.52 Å². The van der Waals surface area contributed by atoms with Crippen molar-refractivity contribution in [2.75, 3.05) is 84.4 Å². The Kier molecular flexibility index (Phi) is 9.00. The van der Waals surface area contributed by atoms with Gasteiger partial charge in [-0.2, -0.15) is 0 Å². The average molecular weight is 450 g/mol. The molecule has 1 fully saturated rings. The topological polar surface area (TPSA) is 102 Å². The molecule has 1 aromatic carbocycles. The molecule has 1 aliphatic heterocycles. The molecule has 0 saturated carbocycles. The van der Waals surface area contributed by atoms with E-state index in [9.17, 15) is 8.42 Å². The molecule has 1 aliphatic rings. The van der Waals surface area contributed by atoms with Crippen LogP contribution in [0.3, 0.4) is 0 Å². The molecule has 2 aromatic rings. The molecule has 0 atom stereocenters. The van der Waals surface area contributed by atoms with Crippen LogP contribution in [0.15, 0.2) is 35.4 Å². The van der Waals surface area contributed by atoms with Crippen LogP contribution in [0, 0.1) is 0 Å². The van der Waals surface area contributed by atoms with E-state index >= 15 is 0 Å². The minimum absolute atomic E-state index is 0.221. The predicted molar refractivity (Wildman–Crippen MR) is 126 cm³/mol. The Labute approximate surface area is 185 Å². The average Bonchev–Trinajstić information content (AvgIpc) is 2.74. The number of aromatic nitrogens is 1. The van der Waals surface area contributed by atoms with Gasteiger partial charge < -0.3 is 20.9 Å². The summed E-state index contributed by atoms with van der Waals surface area (Å²) in [5.74, 6) is 0. The molecule has 1 aromatic heterocycles. The minimum atomic E-state index is -3.67. The first-order chi connectivity index (χ1) is 15.0. The second-order valence-corrected chi connectivity index (χ2v) is 9.60. The van der Waals surface area contributed by atoms with Gasteiger partial charge in [0.15, 0.2) is 0 Å². The zero-order chi connectivity index (χ0) is 22.1. The molecule has 0 amide bonds. The second-order valence-electron chi connectivity index (χ2n) is 7.87. The van der Waals surface area contributed by atoms with Crippen LogP contribution in [0.1, 0.15) is 0 Å². The van der Waals surface area contributed by atoms with Gasteiger partial charge >= 0.3 is 0 Å². The number of nitrogens with one attached hydrogen (secondary N) is 4. The molecule has 0 radical (unpaired) electrons. The van der Waals surface area contributed by atoms with E-state index in [2.05, 4.69) is 30.6 Å². The van der Waals surface area contributed by atoms with Crippen molar-refractivity contribution in [3.63, 3.8) is 0 Å². The van der Waals surface area contributed by atoms with Crippen molar-refractivity contribution in [1.29, 1.82) is 0 Å². The maximum absolute atomic E-state index is 13.1. The molecular weight excluding hydrogens is 414 g/mol. The van der Waals surface area contributed by atoms with Gasteiger partial charge in [0, 0.05) is 96.8 Å². The molecule has 9 nitrogen and oxygen atoms in total. The first-order valence-corrected chi connectivity index (χ1v) is 12.4. The third kappa shape index (κ3) is 6.83. The van der Waals surface area contributed by atoms with Gasteiger partial charge in [-0.3, -0.25) is 9.88 Å². The molecule has 0 unspecified atom stereocenters. The minimum Gasteiger partial charge on any atom is -0.377 e. The van der Waals surface area contributed by atoms with Crippen LogP contribution in [0.5, 0.6) is 0 Å². The molecule has 0 bridgehead atoms. The molecule has 4 N–H and O–H groups in total. The Morgan fingerprint density at radius 3 is 2.29 bits per heavy atom. The van der Waals surface area contributed by atoms with Gasteiger partial charge in [0.25, 0.3) is 0 Å². The fourth-order valence-corrected chi connectivity index (χ4v) is 4.89. The highest BCUT2D eigenvalue weighted by Crippen LogP contribution is 2.28. The molecular formula is C21H35N7O2S. The number of hydrogen-bond donors (Lipinski definition) is 4. The van der Waals surface area contributed by atoms with Crippen molar-refractivity contribution >= 4 is 26.6 Å². The molecule has 2 heterocycles. The zero-order valence-electron chi connectivity index (χ0n) is 18.5. The predicted octanol–water partition coefficient (Wildman–Crippen LogP) is -0.336. The van der Waals surface area contributed by atoms with Gasteiger partial charge in [-0.25, -0.2) is 13.1 Å². The molecule has 0 aliphatic carbocycles. The third-order valence-corrected chi connectivity index (χ3v) is 6.86. The molecule has 0 spiro atoms. The van der Waals surface area contributed by atoms with E-state index in [1.165, 1.54) is 0 Å². The summed E-state index contributed by atoms with van der Waals surface area (Å²) in [5.41, 5.74) is 1.44. The van der Waals surface area contributed by atoms with Gasteiger partial charge in [-0.15, -0.1) is 0 Å². The van der Waals surface area contributed by atoms with E-state index in [0.717, 1.165) is 63.4 Å². The number of pyridine rings is 1. The van der Waals surface area contributed by atoms with Crippen molar-refractivity contribution in [2.45, 2.75) is 4.90 Å². The molecule has 31 heavy (non-hydrogen) atoms. The summed E-state index contributed by atoms with van der Waals surface area (Å²) in [5, 5.41) is 11.1. The van der Waals surface area contributed by atoms with E-state index < -0.39 is 10.0 Å². The highest BCUT2D eigenvalue weighted by Gasteiger charge is 2.19. The number of nitrogens with zero attached hydrogens (tertiary/aromatic N) is 3. The van der Waals surface area contributed by atoms with E-state index in [-0.39, 0.29) is 4.90 Å². The first kappa shape index (κ1) is 23.8. The lowest BCUT2D eigenvalue weighted by Gasteiger charge is -2.24. The third-order valence-electron chi connectivity index (χ3n) is 5.37. The van der Waals surface area contributed by atoms with Crippen LogP contribution in [-0.2, 0) is 10.0 Å². The fraction of sp³-hybridized carbons (Fsp3) is 0.571. The van der Waals surface area contributed by atoms with Crippen molar-refractivity contribution in [1.82, 2.24) is 30.6 Å². The zero-order valence-corrected chi connectivity index (χ0v) is 19.3. The van der Waals surface area contributed by atoms with Crippen molar-refractivity contribution in [2.24, 2.45) is 0 Å². The number of anilines is 1. The maximum Gasteiger partial charge on any atom is 0.242 e. The lowest BCUT2D eigenvalue weighted by atomic mass is 10.2. The van der Waals surface area contributed by atoms with Crippen LogP contribution in [0.25, 0.3) is 10.9 Å². The number of para-hydroxylation sites is 1. The smallest absolute Gasteiger partial charge is 0.242 e. The highest BCUT2D eigenvalue weighted by atomic mass is 32.2. The van der Waals surface area contributed by atoms with E-state index in [1.807, 2.05) is 31.1 Å². The number of rotatable bonds is 6. The number of hydrogen-bond acceptors (Lipinski definition) is 8. The first-order valence-electron chi connectivity index (χ1n) is 10.9. The van der Waals surface area contributed by atoms with E-state index in [0.29, 0.717) is 18.6 Å². The van der Waals surface area contributed by atoms with Crippen LogP contribution in [-0.4, -0.2) is 97.8 Å². The normalized spacial score (nSPS) is 17.7. The molecule has 10 heteroatoms. The van der Waals surface area contributed by atoms with Gasteiger partial charge in [-0.1, -0.05) is 12.1 Å². The van der Waals surface area contributed by atoms with Crippen molar-refractivity contribution < 1.29 is 8.42 Å². The number of sulfonamides is 1. The van der Waals surface area contributed by atoms with E-state index in [1.54, 1.807) is 18.3 Å². The lowest BCUT2D eigenvalue weighted by Crippen LogP contribution is -2.44. The summed E-state index contributed by atoms with van der Waals surface area (Å²) in [6.45, 7) is 8.32. The molecule has 172 valence electrons. The largest absolute Gasteiger partial charge is 0.377 e. The Morgan fingerprint density at radius 1 is 1.00 bits per heavy atom. The number of fused-ring (bicyclic) bond motifs is 1. The Hall–Kier alpha value is -1.82. The Balaban J connectivity index is 1.64. The summed E-state index contributed by atoms with van der Waals surface area (Å²) < 4.78 is 28.9. The standard InChI is InChI=1S/C21H35N7O2S/c1-27(2)19-6-7-25-21-18(19)4-3-5-20(21)31(29,30)26-14-17-28-15-12-23-10-8-22-9-11-24-13-16-28/h3-7,22-24,26H,8-17H2,1-2H3. The van der Waals surface area contributed by atoms with Crippen molar-refractivity contribution in [3.8, 4) is 0 Å². The highest BCUT2D eigenvalue weighted by molar-refractivity contribution is 7.89. The summed E-state index contributed by atoms with van der Waals surface area (Å²) in [7, 11) is 0.205. The van der Waals surface area contributed by atoms with Crippen LogP contribution in [0.2, 0.25) is 0 Å². The van der Waals surface area contributed by atoms with Crippen LogP contribution < -0.4 is 25.6 Å². The van der Waals surface area contributed by atoms with Crippen LogP contribution in [0.4, 0.5) is 5.69 Å². The summed E-state index contributed by atoms with van der Waals surface area (Å²) in [4.78, 5) is 8.83. The SMILES string of the molecule is CN(C)c1ccnc2c(S(=O)(=O)NCCN3CCNCCNCCNCC3)cccc12. The summed E-state index contributed by atoms with van der Waals surface area (Å²) in [6, 6.07) is 7.19. The lowest BCUT2D eigenvalue weighted by molar-refractivity contribution is 0.275. The quantitative estimate of drug-likeness (QED) is 0.475. The Bertz CT molecular complexity index is 924. The Morgan fingerprint density at radius 2 is 1.65 bits per heavy atom. The summed E-state index contributed by atoms with van der Waals surface area (Å²) in [6.07, 6.45) is 1.66. The monoisotopic (exact) mass is 449 g/mol. The molecule has 3 rings (SSSR count). The van der Waals surface area contributed by atoms with E-state index in [4.69, 9.17) is 0 Å². The molecule has 1 saturated heterocycles. The van der Waals surface area contributed by atoms with Gasteiger partial charge in [-0.05, 0) is 12.1 Å². The fourth-order valence-electron chi connectivity index (χ4n) is 3.70. The number of benzene rings is 1. The maximum atomic E-state index is 13.1. The van der Waals surface area contributed by atoms with Crippen molar-refractivity contribution in [3.05, 3.63) is 30.5 Å². The summed E-state index contributed by atoms with van der Waals surface area (Å²) >= 11 is 0. The van der Waals surface area contributed by atoms with Crippen LogP contribution >= 0.6 is 0 Å². The van der Waals surface area contributed by atoms with Gasteiger partial charge in [0.1, 0.15) is 4.90 Å². The second kappa shape index (κ2) is 11.7.